The molecule has 6 nitrogen and oxygen atoms in total. The Hall–Kier alpha value is -2.70. The van der Waals surface area contributed by atoms with Gasteiger partial charge >= 0.3 is 0 Å². The van der Waals surface area contributed by atoms with Crippen LogP contribution in [0.15, 0.2) is 71.9 Å². The average Bonchev–Trinajstić information content (AvgIpc) is 2.63. The van der Waals surface area contributed by atoms with Gasteiger partial charge in [-0.1, -0.05) is 24.3 Å². The smallest absolute Gasteiger partial charge is 0.118 e. The molecule has 2 heterocycles. The number of nitrogens with one attached hydrogen (secondary N) is 3. The van der Waals surface area contributed by atoms with Crippen LogP contribution >= 0.6 is 0 Å². The van der Waals surface area contributed by atoms with E-state index in [2.05, 4.69) is 16.0 Å². The minimum atomic E-state index is -0.603. The van der Waals surface area contributed by atoms with Crippen LogP contribution in [0.2, 0.25) is 0 Å². The fourth-order valence-corrected chi connectivity index (χ4v) is 2.76. The molecule has 24 heavy (non-hydrogen) atoms. The van der Waals surface area contributed by atoms with Gasteiger partial charge in [0.05, 0.1) is 19.3 Å². The van der Waals surface area contributed by atoms with Crippen molar-refractivity contribution in [1.82, 2.24) is 16.0 Å². The molecule has 2 aliphatic rings. The standard InChI is InChI=1S/C18H23N5O/c1-24-13-7-5-12(6-8-13)14-9-11-22-18(23-14)16(17(19)20)15-4-2-3-10-21-15/h2-9,11,14,17,21-23H,10,19-20H2,1H3/b18-16+. The first-order valence-electron chi connectivity index (χ1n) is 7.89. The van der Waals surface area contributed by atoms with Crippen molar-refractivity contribution < 1.29 is 4.74 Å². The second-order valence-corrected chi connectivity index (χ2v) is 5.60. The summed E-state index contributed by atoms with van der Waals surface area (Å²) < 4.78 is 5.21. The number of nitrogens with two attached hydrogens (primary N) is 2. The van der Waals surface area contributed by atoms with Crippen molar-refractivity contribution >= 4 is 0 Å². The van der Waals surface area contributed by atoms with Crippen LogP contribution in [0.3, 0.4) is 0 Å². The summed E-state index contributed by atoms with van der Waals surface area (Å²) in [4.78, 5) is 0. The zero-order valence-corrected chi connectivity index (χ0v) is 13.6. The summed E-state index contributed by atoms with van der Waals surface area (Å²) in [5.74, 6) is 1.64. The lowest BCUT2D eigenvalue weighted by atomic mass is 10.0. The third kappa shape index (κ3) is 3.45. The molecule has 0 saturated heterocycles. The zero-order valence-electron chi connectivity index (χ0n) is 13.6. The van der Waals surface area contributed by atoms with Crippen LogP contribution in [-0.4, -0.2) is 19.8 Å². The predicted molar refractivity (Wildman–Crippen MR) is 95.6 cm³/mol. The van der Waals surface area contributed by atoms with E-state index in [0.29, 0.717) is 0 Å². The number of hydrogen-bond acceptors (Lipinski definition) is 6. The highest BCUT2D eigenvalue weighted by Gasteiger charge is 2.21. The van der Waals surface area contributed by atoms with Crippen LogP contribution in [-0.2, 0) is 0 Å². The lowest BCUT2D eigenvalue weighted by Crippen LogP contribution is -2.42. The van der Waals surface area contributed by atoms with Crippen LogP contribution in [0.25, 0.3) is 0 Å². The van der Waals surface area contributed by atoms with E-state index >= 15 is 0 Å². The molecule has 0 spiro atoms. The van der Waals surface area contributed by atoms with Gasteiger partial charge in [-0.05, 0) is 29.8 Å². The van der Waals surface area contributed by atoms with Gasteiger partial charge in [0, 0.05) is 24.0 Å². The minimum Gasteiger partial charge on any atom is -0.497 e. The Bertz CT molecular complexity index is 701. The maximum atomic E-state index is 6.01. The van der Waals surface area contributed by atoms with Crippen molar-refractivity contribution in [2.45, 2.75) is 12.2 Å². The van der Waals surface area contributed by atoms with Crippen molar-refractivity contribution in [2.24, 2.45) is 11.5 Å². The molecular formula is C18H23N5O. The fraction of sp³-hybridized carbons (Fsp3) is 0.222. The number of allylic oxidation sites excluding steroid dienone is 2. The maximum Gasteiger partial charge on any atom is 0.118 e. The Kier molecular flexibility index (Phi) is 4.88. The van der Waals surface area contributed by atoms with Gasteiger partial charge in [0.25, 0.3) is 0 Å². The number of hydrogen-bond donors (Lipinski definition) is 5. The number of rotatable bonds is 4. The molecule has 0 aliphatic carbocycles. The first kappa shape index (κ1) is 16.2. The first-order chi connectivity index (χ1) is 11.7. The zero-order chi connectivity index (χ0) is 16.9. The molecule has 3 rings (SSSR count). The van der Waals surface area contributed by atoms with E-state index in [-0.39, 0.29) is 6.04 Å². The summed E-state index contributed by atoms with van der Waals surface area (Å²) in [7, 11) is 1.66. The number of ether oxygens (including phenoxy) is 1. The van der Waals surface area contributed by atoms with Crippen LogP contribution in [0.5, 0.6) is 5.75 Å². The predicted octanol–water partition coefficient (Wildman–Crippen LogP) is 0.941. The Morgan fingerprint density at radius 1 is 1.25 bits per heavy atom. The maximum absolute atomic E-state index is 6.01. The van der Waals surface area contributed by atoms with E-state index in [0.717, 1.165) is 34.9 Å². The molecule has 7 N–H and O–H groups in total. The minimum absolute atomic E-state index is 0.0284. The molecule has 0 amide bonds. The summed E-state index contributed by atoms with van der Waals surface area (Å²) in [6.07, 6.45) is 9.36. The van der Waals surface area contributed by atoms with E-state index in [1.54, 1.807) is 7.11 Å². The van der Waals surface area contributed by atoms with Crippen molar-refractivity contribution in [2.75, 3.05) is 13.7 Å². The molecular weight excluding hydrogens is 302 g/mol. The number of methoxy groups -OCH3 is 1. The van der Waals surface area contributed by atoms with Crippen LogP contribution in [0.1, 0.15) is 11.6 Å². The lowest BCUT2D eigenvalue weighted by Gasteiger charge is -2.29. The van der Waals surface area contributed by atoms with Gasteiger partial charge in [-0.25, -0.2) is 0 Å². The summed E-state index contributed by atoms with van der Waals surface area (Å²) in [5, 5.41) is 9.98. The monoisotopic (exact) mass is 325 g/mol. The molecule has 1 atom stereocenters. The highest BCUT2D eigenvalue weighted by molar-refractivity contribution is 5.42. The lowest BCUT2D eigenvalue weighted by molar-refractivity contribution is 0.414. The third-order valence-corrected chi connectivity index (χ3v) is 3.99. The van der Waals surface area contributed by atoms with E-state index in [4.69, 9.17) is 16.2 Å². The molecule has 0 radical (unpaired) electrons. The highest BCUT2D eigenvalue weighted by atomic mass is 16.5. The van der Waals surface area contributed by atoms with Gasteiger partial charge in [0.2, 0.25) is 0 Å². The second-order valence-electron chi connectivity index (χ2n) is 5.60. The van der Waals surface area contributed by atoms with Crippen LogP contribution in [0, 0.1) is 0 Å². The van der Waals surface area contributed by atoms with Gasteiger partial charge in [-0.3, -0.25) is 0 Å². The molecule has 0 bridgehead atoms. The second kappa shape index (κ2) is 7.25. The average molecular weight is 325 g/mol. The van der Waals surface area contributed by atoms with Crippen molar-refractivity contribution in [3.63, 3.8) is 0 Å². The number of benzene rings is 1. The van der Waals surface area contributed by atoms with Gasteiger partial charge in [0.15, 0.2) is 0 Å². The molecule has 1 aromatic rings. The van der Waals surface area contributed by atoms with E-state index < -0.39 is 6.17 Å². The van der Waals surface area contributed by atoms with E-state index in [1.807, 2.05) is 54.8 Å². The van der Waals surface area contributed by atoms with E-state index in [1.165, 1.54) is 0 Å². The van der Waals surface area contributed by atoms with Gasteiger partial charge in [-0.2, -0.15) is 0 Å². The molecule has 6 heteroatoms. The van der Waals surface area contributed by atoms with Gasteiger partial charge < -0.3 is 32.2 Å². The van der Waals surface area contributed by atoms with Crippen molar-refractivity contribution in [3.8, 4) is 5.75 Å². The Labute approximate surface area is 141 Å². The SMILES string of the molecule is COc1ccc(C2C=CN/C(=C(/C3=CC=CCN3)C(N)N)N2)cc1. The summed E-state index contributed by atoms with van der Waals surface area (Å²) in [6.45, 7) is 0.757. The summed E-state index contributed by atoms with van der Waals surface area (Å²) in [6, 6.07) is 7.99. The highest BCUT2D eigenvalue weighted by Crippen LogP contribution is 2.23. The normalized spacial score (nSPS) is 21.5. The van der Waals surface area contributed by atoms with Crippen LogP contribution < -0.4 is 32.2 Å². The van der Waals surface area contributed by atoms with Gasteiger partial charge in [0.1, 0.15) is 11.6 Å². The molecule has 126 valence electrons. The van der Waals surface area contributed by atoms with Crippen LogP contribution in [0.4, 0.5) is 0 Å². The molecule has 0 aromatic heterocycles. The van der Waals surface area contributed by atoms with Crippen molar-refractivity contribution in [1.29, 1.82) is 0 Å². The molecule has 0 fully saturated rings. The quantitative estimate of drug-likeness (QED) is 0.529. The summed E-state index contributed by atoms with van der Waals surface area (Å²) in [5.41, 5.74) is 14.9. The molecule has 1 aromatic carbocycles. The Balaban J connectivity index is 1.89. The van der Waals surface area contributed by atoms with Crippen molar-refractivity contribution in [3.05, 3.63) is 77.4 Å². The molecule has 1 unspecified atom stereocenters. The van der Waals surface area contributed by atoms with E-state index in [9.17, 15) is 0 Å². The molecule has 2 aliphatic heterocycles. The number of dihydropyridines is 1. The summed E-state index contributed by atoms with van der Waals surface area (Å²) >= 11 is 0. The van der Waals surface area contributed by atoms with Gasteiger partial charge in [-0.15, -0.1) is 0 Å². The fourth-order valence-electron chi connectivity index (χ4n) is 2.76. The molecule has 0 saturated carbocycles. The third-order valence-electron chi connectivity index (χ3n) is 3.99. The Morgan fingerprint density at radius 3 is 2.67 bits per heavy atom. The topological polar surface area (TPSA) is 97.4 Å². The largest absolute Gasteiger partial charge is 0.497 e. The Morgan fingerprint density at radius 2 is 2.04 bits per heavy atom. The first-order valence-corrected chi connectivity index (χ1v) is 7.89.